The smallest absolute Gasteiger partial charge is 0.368 e. The van der Waals surface area contributed by atoms with E-state index < -0.39 is 11.7 Å². The van der Waals surface area contributed by atoms with Crippen LogP contribution in [-0.2, 0) is 6.18 Å². The number of nitrogens with two attached hydrogens (primary N) is 1. The number of nitrogen functional groups attached to an aromatic ring is 1. The molecule has 6 nitrogen and oxygen atoms in total. The van der Waals surface area contributed by atoms with Gasteiger partial charge in [-0.2, -0.15) is 18.2 Å². The first kappa shape index (κ1) is 17.5. The van der Waals surface area contributed by atoms with Crippen molar-refractivity contribution in [2.45, 2.75) is 12.6 Å². The van der Waals surface area contributed by atoms with Crippen LogP contribution in [0.2, 0.25) is 5.15 Å². The number of halogens is 4. The minimum absolute atomic E-state index is 0.105. The van der Waals surface area contributed by atoms with Crippen LogP contribution in [0.4, 0.5) is 30.8 Å². The van der Waals surface area contributed by atoms with Crippen LogP contribution >= 0.6 is 11.6 Å². The summed E-state index contributed by atoms with van der Waals surface area (Å²) >= 11 is 5.92. The van der Waals surface area contributed by atoms with Gasteiger partial charge in [0, 0.05) is 38.4 Å². The Labute approximate surface area is 147 Å². The summed E-state index contributed by atoms with van der Waals surface area (Å²) in [6.45, 7) is 2.63. The third-order valence-electron chi connectivity index (χ3n) is 3.92. The molecule has 2 aromatic heterocycles. The van der Waals surface area contributed by atoms with E-state index in [1.54, 1.807) is 6.07 Å². The first-order valence-corrected chi connectivity index (χ1v) is 8.04. The van der Waals surface area contributed by atoms with Gasteiger partial charge in [-0.05, 0) is 18.6 Å². The molecule has 3 heterocycles. The average Bonchev–Trinajstić information content (AvgIpc) is 2.79. The number of hydrogen-bond donors (Lipinski definition) is 1. The zero-order valence-electron chi connectivity index (χ0n) is 13.2. The van der Waals surface area contributed by atoms with Crippen molar-refractivity contribution in [1.29, 1.82) is 0 Å². The molecule has 2 N–H and O–H groups in total. The topological polar surface area (TPSA) is 71.2 Å². The molecule has 0 aliphatic carbocycles. The van der Waals surface area contributed by atoms with Crippen molar-refractivity contribution in [3.05, 3.63) is 35.1 Å². The largest absolute Gasteiger partial charge is 0.417 e. The van der Waals surface area contributed by atoms with Crippen LogP contribution in [-0.4, -0.2) is 41.1 Å². The number of aromatic nitrogens is 3. The van der Waals surface area contributed by atoms with Crippen molar-refractivity contribution in [2.24, 2.45) is 0 Å². The summed E-state index contributed by atoms with van der Waals surface area (Å²) in [4.78, 5) is 16.0. The van der Waals surface area contributed by atoms with E-state index in [0.717, 1.165) is 25.2 Å². The van der Waals surface area contributed by atoms with Crippen molar-refractivity contribution < 1.29 is 13.2 Å². The summed E-state index contributed by atoms with van der Waals surface area (Å²) in [7, 11) is 0. The van der Waals surface area contributed by atoms with Crippen LogP contribution in [0, 0.1) is 0 Å². The number of pyridine rings is 1. The molecule has 0 atom stereocenters. The quantitative estimate of drug-likeness (QED) is 0.817. The Balaban J connectivity index is 1.71. The molecule has 0 radical (unpaired) electrons. The Morgan fingerprint density at radius 3 is 2.24 bits per heavy atom. The van der Waals surface area contributed by atoms with E-state index in [1.165, 1.54) is 6.07 Å². The lowest BCUT2D eigenvalue weighted by molar-refractivity contribution is -0.137. The van der Waals surface area contributed by atoms with Gasteiger partial charge in [0.25, 0.3) is 0 Å². The van der Waals surface area contributed by atoms with Gasteiger partial charge in [0.2, 0.25) is 5.95 Å². The molecule has 0 bridgehead atoms. The predicted octanol–water partition coefficient (Wildman–Crippen LogP) is 2.84. The van der Waals surface area contributed by atoms with E-state index in [-0.39, 0.29) is 11.1 Å². The Morgan fingerprint density at radius 1 is 1.00 bits per heavy atom. The maximum atomic E-state index is 12.6. The Bertz CT molecular complexity index is 717. The van der Waals surface area contributed by atoms with Gasteiger partial charge in [-0.1, -0.05) is 11.6 Å². The fraction of sp³-hybridized carbons (Fsp3) is 0.400. The highest BCUT2D eigenvalue weighted by Gasteiger charge is 2.31. The molecule has 2 aromatic rings. The zero-order chi connectivity index (χ0) is 18.0. The van der Waals surface area contributed by atoms with Crippen LogP contribution in [0.15, 0.2) is 24.4 Å². The summed E-state index contributed by atoms with van der Waals surface area (Å²) < 4.78 is 37.9. The van der Waals surface area contributed by atoms with E-state index in [1.807, 2.05) is 9.80 Å². The van der Waals surface area contributed by atoms with Gasteiger partial charge in [-0.25, -0.2) is 9.97 Å². The first-order valence-electron chi connectivity index (χ1n) is 7.66. The minimum atomic E-state index is -4.38. The van der Waals surface area contributed by atoms with Crippen LogP contribution in [0.25, 0.3) is 0 Å². The lowest BCUT2D eigenvalue weighted by Crippen LogP contribution is -2.31. The summed E-state index contributed by atoms with van der Waals surface area (Å²) in [5.41, 5.74) is 4.88. The van der Waals surface area contributed by atoms with Gasteiger partial charge < -0.3 is 15.5 Å². The standard InChI is InChI=1S/C15H16ClF3N6/c16-11-8-13(23-14(20)22-11)25-5-1-4-24(6-7-25)12-3-2-10(9-21-12)15(17,18)19/h2-3,8-9H,1,4-7H2,(H2,20,22,23). The van der Waals surface area contributed by atoms with Gasteiger partial charge in [-0.3, -0.25) is 0 Å². The monoisotopic (exact) mass is 372 g/mol. The fourth-order valence-electron chi connectivity index (χ4n) is 2.70. The first-order chi connectivity index (χ1) is 11.8. The van der Waals surface area contributed by atoms with Crippen LogP contribution in [0.1, 0.15) is 12.0 Å². The Morgan fingerprint density at radius 2 is 1.68 bits per heavy atom. The number of anilines is 3. The maximum absolute atomic E-state index is 12.6. The lowest BCUT2D eigenvalue weighted by Gasteiger charge is -2.23. The molecule has 1 fully saturated rings. The van der Waals surface area contributed by atoms with Crippen molar-refractivity contribution in [3.63, 3.8) is 0 Å². The predicted molar refractivity (Wildman–Crippen MR) is 89.7 cm³/mol. The highest BCUT2D eigenvalue weighted by Crippen LogP contribution is 2.29. The number of hydrogen-bond acceptors (Lipinski definition) is 6. The molecule has 134 valence electrons. The van der Waals surface area contributed by atoms with Crippen molar-refractivity contribution in [2.75, 3.05) is 41.7 Å². The normalized spacial score (nSPS) is 16.0. The second-order valence-corrected chi connectivity index (χ2v) is 6.02. The average molecular weight is 373 g/mol. The number of nitrogens with zero attached hydrogens (tertiary/aromatic N) is 5. The lowest BCUT2D eigenvalue weighted by atomic mass is 10.2. The maximum Gasteiger partial charge on any atom is 0.417 e. The second kappa shape index (κ2) is 6.91. The molecule has 25 heavy (non-hydrogen) atoms. The van der Waals surface area contributed by atoms with E-state index >= 15 is 0 Å². The third kappa shape index (κ3) is 4.22. The Hall–Kier alpha value is -2.29. The van der Waals surface area contributed by atoms with Crippen LogP contribution in [0.3, 0.4) is 0 Å². The van der Waals surface area contributed by atoms with Crippen molar-refractivity contribution >= 4 is 29.2 Å². The van der Waals surface area contributed by atoms with E-state index in [9.17, 15) is 13.2 Å². The number of alkyl halides is 3. The summed E-state index contributed by atoms with van der Waals surface area (Å²) in [6.07, 6.45) is -2.72. The SMILES string of the molecule is Nc1nc(Cl)cc(N2CCCN(c3ccc(C(F)(F)F)cn3)CC2)n1. The van der Waals surface area contributed by atoms with Gasteiger partial charge in [0.15, 0.2) is 0 Å². The highest BCUT2D eigenvalue weighted by atomic mass is 35.5. The third-order valence-corrected chi connectivity index (χ3v) is 4.11. The molecule has 0 amide bonds. The molecule has 1 saturated heterocycles. The summed E-state index contributed by atoms with van der Waals surface area (Å²) in [5, 5.41) is 0.271. The van der Waals surface area contributed by atoms with E-state index in [0.29, 0.717) is 31.3 Å². The second-order valence-electron chi connectivity index (χ2n) is 5.64. The van der Waals surface area contributed by atoms with Crippen LogP contribution in [0.5, 0.6) is 0 Å². The van der Waals surface area contributed by atoms with E-state index in [2.05, 4.69) is 15.0 Å². The minimum Gasteiger partial charge on any atom is -0.368 e. The molecule has 1 aliphatic heterocycles. The number of rotatable bonds is 2. The molecule has 1 aliphatic rings. The molecule has 0 saturated carbocycles. The fourth-order valence-corrected chi connectivity index (χ4v) is 2.89. The zero-order valence-corrected chi connectivity index (χ0v) is 13.9. The van der Waals surface area contributed by atoms with Crippen molar-refractivity contribution in [1.82, 2.24) is 15.0 Å². The molecule has 0 spiro atoms. The van der Waals surface area contributed by atoms with Gasteiger partial charge in [0.05, 0.1) is 5.56 Å². The Kier molecular flexibility index (Phi) is 4.85. The van der Waals surface area contributed by atoms with Gasteiger partial charge in [0.1, 0.15) is 16.8 Å². The molecule has 0 aromatic carbocycles. The molecular formula is C15H16ClF3N6. The van der Waals surface area contributed by atoms with E-state index in [4.69, 9.17) is 17.3 Å². The summed E-state index contributed by atoms with van der Waals surface area (Å²) in [6, 6.07) is 4.10. The molecule has 3 rings (SSSR count). The van der Waals surface area contributed by atoms with Gasteiger partial charge >= 0.3 is 6.18 Å². The van der Waals surface area contributed by atoms with Crippen LogP contribution < -0.4 is 15.5 Å². The van der Waals surface area contributed by atoms with Crippen molar-refractivity contribution in [3.8, 4) is 0 Å². The molecular weight excluding hydrogens is 357 g/mol. The molecule has 10 heteroatoms. The van der Waals surface area contributed by atoms with Gasteiger partial charge in [-0.15, -0.1) is 0 Å². The highest BCUT2D eigenvalue weighted by molar-refractivity contribution is 6.29. The molecule has 0 unspecified atom stereocenters. The summed E-state index contributed by atoms with van der Waals surface area (Å²) in [5.74, 6) is 1.27.